The minimum atomic E-state index is 0.251. The lowest BCUT2D eigenvalue weighted by molar-refractivity contribution is 0.566. The lowest BCUT2D eigenvalue weighted by atomic mass is 10.00. The van der Waals surface area contributed by atoms with Gasteiger partial charge in [-0.15, -0.1) is 0 Å². The van der Waals surface area contributed by atoms with E-state index in [9.17, 15) is 0 Å². The summed E-state index contributed by atoms with van der Waals surface area (Å²) in [5.74, 6) is 0. The quantitative estimate of drug-likeness (QED) is 0.715. The van der Waals surface area contributed by atoms with Gasteiger partial charge in [0.05, 0.1) is 11.7 Å². The first kappa shape index (κ1) is 17.9. The van der Waals surface area contributed by atoms with Crippen molar-refractivity contribution in [1.82, 2.24) is 9.88 Å². The fourth-order valence-electron chi connectivity index (χ4n) is 3.11. The Hall–Kier alpha value is -2.94. The molecule has 132 valence electrons. The molecule has 2 heterocycles. The minimum absolute atomic E-state index is 0.251. The Morgan fingerprint density at radius 3 is 2.62 bits per heavy atom. The maximum absolute atomic E-state index is 4.84. The maximum Gasteiger partial charge on any atom is 0.0705 e. The van der Waals surface area contributed by atoms with Crippen LogP contribution in [0.5, 0.6) is 0 Å². The van der Waals surface area contributed by atoms with E-state index in [1.807, 2.05) is 31.3 Å². The smallest absolute Gasteiger partial charge is 0.0705 e. The standard InChI is InChI=1S/C23H25N3/c1-6-18(15-26(4)5)19-8-7-9-20(13-19)23-11-10-22(17(3)25-23)21-12-16(2)24-14-21/h6-16H,1H2,2-5H3/b18-15+. The molecule has 0 bridgehead atoms. The van der Waals surface area contributed by atoms with Crippen LogP contribution in [0.15, 0.2) is 66.3 Å². The topological polar surface area (TPSA) is 28.5 Å². The highest BCUT2D eigenvalue weighted by Crippen LogP contribution is 2.27. The third-order valence-electron chi connectivity index (χ3n) is 4.38. The zero-order valence-corrected chi connectivity index (χ0v) is 15.9. The van der Waals surface area contributed by atoms with Gasteiger partial charge in [-0.05, 0) is 42.7 Å². The van der Waals surface area contributed by atoms with Gasteiger partial charge in [-0.2, -0.15) is 0 Å². The molecule has 1 aliphatic heterocycles. The molecular weight excluding hydrogens is 318 g/mol. The highest BCUT2D eigenvalue weighted by atomic mass is 15.0. The molecule has 0 amide bonds. The minimum Gasteiger partial charge on any atom is -0.383 e. The van der Waals surface area contributed by atoms with Crippen LogP contribution in [-0.2, 0) is 0 Å². The van der Waals surface area contributed by atoms with Gasteiger partial charge in [0, 0.05) is 43.3 Å². The predicted octanol–water partition coefficient (Wildman–Crippen LogP) is 5.00. The van der Waals surface area contributed by atoms with Gasteiger partial charge in [-0.25, -0.2) is 0 Å². The molecule has 3 rings (SSSR count). The molecule has 0 saturated heterocycles. The normalized spacial score (nSPS) is 16.5. The number of benzene rings is 1. The zero-order chi connectivity index (χ0) is 18.7. The summed E-state index contributed by atoms with van der Waals surface area (Å²) in [5.41, 5.74) is 7.63. The molecule has 1 unspecified atom stereocenters. The van der Waals surface area contributed by atoms with E-state index in [1.165, 1.54) is 0 Å². The number of rotatable bonds is 5. The Morgan fingerprint density at radius 1 is 1.19 bits per heavy atom. The number of aliphatic imine (C=N–C) groups is 1. The Labute approximate surface area is 156 Å². The summed E-state index contributed by atoms with van der Waals surface area (Å²) >= 11 is 0. The van der Waals surface area contributed by atoms with Crippen molar-refractivity contribution in [2.45, 2.75) is 19.9 Å². The summed E-state index contributed by atoms with van der Waals surface area (Å²) in [6.07, 6.45) is 8.07. The van der Waals surface area contributed by atoms with Crippen molar-refractivity contribution in [3.8, 4) is 11.3 Å². The SMILES string of the molecule is C=C/C(=C\N(C)C)c1cccc(-c2ccc(C3=CC(C)N=C3)c(C)n2)c1. The first-order valence-electron chi connectivity index (χ1n) is 8.82. The van der Waals surface area contributed by atoms with E-state index in [1.54, 1.807) is 0 Å². The fourth-order valence-corrected chi connectivity index (χ4v) is 3.11. The number of allylic oxidation sites excluding steroid dienone is 3. The highest BCUT2D eigenvalue weighted by Gasteiger charge is 2.12. The van der Waals surface area contributed by atoms with E-state index in [0.29, 0.717) is 0 Å². The average Bonchev–Trinajstić information content (AvgIpc) is 3.05. The van der Waals surface area contributed by atoms with E-state index < -0.39 is 0 Å². The fraction of sp³-hybridized carbons (Fsp3) is 0.217. The van der Waals surface area contributed by atoms with Crippen LogP contribution in [0.4, 0.5) is 0 Å². The van der Waals surface area contributed by atoms with Gasteiger partial charge in [0.15, 0.2) is 0 Å². The van der Waals surface area contributed by atoms with Gasteiger partial charge < -0.3 is 4.90 Å². The largest absolute Gasteiger partial charge is 0.383 e. The van der Waals surface area contributed by atoms with Gasteiger partial charge >= 0.3 is 0 Å². The second-order valence-electron chi connectivity index (χ2n) is 6.80. The van der Waals surface area contributed by atoms with E-state index in [-0.39, 0.29) is 6.04 Å². The monoisotopic (exact) mass is 343 g/mol. The number of aryl methyl sites for hydroxylation is 1. The molecule has 26 heavy (non-hydrogen) atoms. The van der Waals surface area contributed by atoms with Crippen LogP contribution in [0.25, 0.3) is 22.4 Å². The van der Waals surface area contributed by atoms with Crippen LogP contribution < -0.4 is 0 Å². The van der Waals surface area contributed by atoms with Crippen LogP contribution in [-0.4, -0.2) is 36.2 Å². The predicted molar refractivity (Wildman–Crippen MR) is 112 cm³/mol. The molecular formula is C23H25N3. The van der Waals surface area contributed by atoms with E-state index in [0.717, 1.165) is 39.2 Å². The second-order valence-corrected chi connectivity index (χ2v) is 6.80. The van der Waals surface area contributed by atoms with Crippen molar-refractivity contribution in [2.24, 2.45) is 4.99 Å². The summed E-state index contributed by atoms with van der Waals surface area (Å²) in [5, 5.41) is 0. The van der Waals surface area contributed by atoms with Gasteiger partial charge in [-0.3, -0.25) is 9.98 Å². The Balaban J connectivity index is 1.96. The molecule has 1 aliphatic rings. The molecule has 3 heteroatoms. The molecule has 2 aromatic rings. The summed E-state index contributed by atoms with van der Waals surface area (Å²) in [7, 11) is 4.03. The lowest BCUT2D eigenvalue weighted by Gasteiger charge is -2.11. The van der Waals surface area contributed by atoms with Crippen molar-refractivity contribution in [2.75, 3.05) is 14.1 Å². The summed E-state index contributed by atoms with van der Waals surface area (Å²) in [4.78, 5) is 11.3. The van der Waals surface area contributed by atoms with Crippen molar-refractivity contribution in [3.05, 3.63) is 78.1 Å². The molecule has 0 N–H and O–H groups in total. The summed E-state index contributed by atoms with van der Waals surface area (Å²) < 4.78 is 0. The third-order valence-corrected chi connectivity index (χ3v) is 4.38. The first-order valence-corrected chi connectivity index (χ1v) is 8.82. The highest BCUT2D eigenvalue weighted by molar-refractivity contribution is 6.12. The molecule has 1 aromatic heterocycles. The van der Waals surface area contributed by atoms with E-state index in [2.05, 4.69) is 74.1 Å². The van der Waals surface area contributed by atoms with Crippen LogP contribution in [0.1, 0.15) is 23.7 Å². The molecule has 0 aliphatic carbocycles. The second kappa shape index (κ2) is 7.52. The van der Waals surface area contributed by atoms with Gasteiger partial charge in [0.25, 0.3) is 0 Å². The van der Waals surface area contributed by atoms with Gasteiger partial charge in [0.2, 0.25) is 0 Å². The van der Waals surface area contributed by atoms with Crippen LogP contribution in [0.3, 0.4) is 0 Å². The lowest BCUT2D eigenvalue weighted by Crippen LogP contribution is -2.02. The van der Waals surface area contributed by atoms with Crippen molar-refractivity contribution < 1.29 is 0 Å². The third kappa shape index (κ3) is 3.83. The number of nitrogens with zero attached hydrogens (tertiary/aromatic N) is 3. The first-order chi connectivity index (χ1) is 12.5. The van der Waals surface area contributed by atoms with Crippen molar-refractivity contribution in [3.63, 3.8) is 0 Å². The zero-order valence-electron chi connectivity index (χ0n) is 15.9. The van der Waals surface area contributed by atoms with Gasteiger partial charge in [-0.1, -0.05) is 43.0 Å². The number of hydrogen-bond acceptors (Lipinski definition) is 3. The number of pyridine rings is 1. The Bertz CT molecular complexity index is 917. The summed E-state index contributed by atoms with van der Waals surface area (Å²) in [6.45, 7) is 8.08. The summed E-state index contributed by atoms with van der Waals surface area (Å²) in [6, 6.07) is 12.9. The molecule has 0 saturated carbocycles. The molecule has 3 nitrogen and oxygen atoms in total. The molecule has 1 atom stereocenters. The molecule has 1 aromatic carbocycles. The number of hydrogen-bond donors (Lipinski definition) is 0. The van der Waals surface area contributed by atoms with Gasteiger partial charge in [0.1, 0.15) is 0 Å². The molecule has 0 fully saturated rings. The molecule has 0 spiro atoms. The van der Waals surface area contributed by atoms with Crippen molar-refractivity contribution in [1.29, 1.82) is 0 Å². The Kier molecular flexibility index (Phi) is 5.17. The van der Waals surface area contributed by atoms with E-state index in [4.69, 9.17) is 4.98 Å². The van der Waals surface area contributed by atoms with E-state index >= 15 is 0 Å². The molecule has 0 radical (unpaired) electrons. The van der Waals surface area contributed by atoms with Crippen LogP contribution in [0.2, 0.25) is 0 Å². The Morgan fingerprint density at radius 2 is 2.00 bits per heavy atom. The number of aromatic nitrogens is 1. The maximum atomic E-state index is 4.84. The average molecular weight is 343 g/mol. The van der Waals surface area contributed by atoms with Crippen LogP contribution in [0, 0.1) is 6.92 Å². The van der Waals surface area contributed by atoms with Crippen molar-refractivity contribution >= 4 is 17.4 Å². The van der Waals surface area contributed by atoms with Crippen LogP contribution >= 0.6 is 0 Å².